The van der Waals surface area contributed by atoms with Gasteiger partial charge in [0.05, 0.1) is 5.75 Å². The van der Waals surface area contributed by atoms with Crippen molar-refractivity contribution in [3.8, 4) is 0 Å². The number of unbranched alkanes of at least 4 members (excludes halogenated alkanes) is 1. The van der Waals surface area contributed by atoms with E-state index in [-0.39, 0.29) is 64.9 Å². The van der Waals surface area contributed by atoms with E-state index >= 15 is 0 Å². The zero-order valence-corrected chi connectivity index (χ0v) is 16.1. The van der Waals surface area contributed by atoms with Crippen LogP contribution in [0.15, 0.2) is 24.3 Å². The van der Waals surface area contributed by atoms with Crippen LogP contribution in [0.2, 0.25) is 0 Å². The SMILES string of the molecule is Cc1cccc(NCCCCS(=O)(=O)O)c1.[Na].[Na]. The molecule has 1 rings (SSSR count). The molecule has 0 bridgehead atoms. The van der Waals surface area contributed by atoms with E-state index in [0.717, 1.165) is 5.69 Å². The molecular formula is C11H17NNa2O3S. The molecule has 0 spiro atoms. The molecule has 4 nitrogen and oxygen atoms in total. The van der Waals surface area contributed by atoms with Crippen LogP contribution in [-0.4, -0.2) is 84.4 Å². The van der Waals surface area contributed by atoms with Crippen molar-refractivity contribution in [2.45, 2.75) is 19.8 Å². The third-order valence-corrected chi connectivity index (χ3v) is 2.98. The fourth-order valence-corrected chi connectivity index (χ4v) is 1.97. The quantitative estimate of drug-likeness (QED) is 0.471. The fourth-order valence-electron chi connectivity index (χ4n) is 1.40. The number of nitrogens with one attached hydrogen (secondary N) is 1. The monoisotopic (exact) mass is 289 g/mol. The second kappa shape index (κ2) is 10.7. The third-order valence-electron chi connectivity index (χ3n) is 2.18. The third kappa shape index (κ3) is 10.8. The predicted octanol–water partition coefficient (Wildman–Crippen LogP) is 1.31. The van der Waals surface area contributed by atoms with Crippen LogP contribution < -0.4 is 5.32 Å². The largest absolute Gasteiger partial charge is 0.385 e. The molecule has 0 fully saturated rings. The van der Waals surface area contributed by atoms with Crippen LogP contribution >= 0.6 is 0 Å². The summed E-state index contributed by atoms with van der Waals surface area (Å²) >= 11 is 0. The van der Waals surface area contributed by atoms with Gasteiger partial charge in [-0.15, -0.1) is 0 Å². The molecule has 1 aromatic carbocycles. The average Bonchev–Trinajstić information content (AvgIpc) is 2.15. The second-order valence-electron chi connectivity index (χ2n) is 3.79. The van der Waals surface area contributed by atoms with Crippen LogP contribution in [0.25, 0.3) is 0 Å². The Hall–Kier alpha value is 0.930. The average molecular weight is 289 g/mol. The van der Waals surface area contributed by atoms with Crippen LogP contribution in [0, 0.1) is 6.92 Å². The maximum Gasteiger partial charge on any atom is 0.264 e. The number of benzene rings is 1. The van der Waals surface area contributed by atoms with E-state index in [4.69, 9.17) is 4.55 Å². The summed E-state index contributed by atoms with van der Waals surface area (Å²) in [5.74, 6) is -0.164. The Labute approximate surface area is 153 Å². The van der Waals surface area contributed by atoms with E-state index < -0.39 is 10.1 Å². The molecule has 0 aliphatic heterocycles. The van der Waals surface area contributed by atoms with Gasteiger partial charge in [-0.3, -0.25) is 4.55 Å². The standard InChI is InChI=1S/C11H17NO3S.2Na/c1-10-5-4-6-11(9-10)12-7-2-3-8-16(13,14)15;;/h4-6,9,12H,2-3,7-8H2,1H3,(H,13,14,15);;. The van der Waals surface area contributed by atoms with Gasteiger partial charge >= 0.3 is 0 Å². The first-order valence-electron chi connectivity index (χ1n) is 5.23. The second-order valence-corrected chi connectivity index (χ2v) is 5.36. The van der Waals surface area contributed by atoms with Crippen molar-refractivity contribution in [3.05, 3.63) is 29.8 Å². The van der Waals surface area contributed by atoms with Crippen molar-refractivity contribution < 1.29 is 13.0 Å². The minimum atomic E-state index is -3.80. The molecule has 2 N–H and O–H groups in total. The molecule has 0 amide bonds. The van der Waals surface area contributed by atoms with Crippen molar-refractivity contribution in [2.24, 2.45) is 0 Å². The summed E-state index contributed by atoms with van der Waals surface area (Å²) in [6, 6.07) is 7.98. The van der Waals surface area contributed by atoms with Gasteiger partial charge in [-0.05, 0) is 37.5 Å². The number of hydrogen-bond donors (Lipinski definition) is 2. The van der Waals surface area contributed by atoms with Crippen molar-refractivity contribution >= 4 is 74.9 Å². The smallest absolute Gasteiger partial charge is 0.264 e. The van der Waals surface area contributed by atoms with E-state index in [1.807, 2.05) is 31.2 Å². The molecule has 1 aromatic rings. The zero-order valence-electron chi connectivity index (χ0n) is 11.3. The van der Waals surface area contributed by atoms with Gasteiger partial charge in [0.25, 0.3) is 10.1 Å². The molecule has 0 saturated heterocycles. The number of aryl methyl sites for hydroxylation is 1. The maximum atomic E-state index is 10.4. The van der Waals surface area contributed by atoms with Gasteiger partial charge in [-0.2, -0.15) is 8.42 Å². The molecule has 0 aliphatic rings. The normalized spacial score (nSPS) is 10.1. The Morgan fingerprint density at radius 3 is 2.44 bits per heavy atom. The minimum absolute atomic E-state index is 0. The number of hydrogen-bond acceptors (Lipinski definition) is 3. The summed E-state index contributed by atoms with van der Waals surface area (Å²) in [5, 5.41) is 3.20. The van der Waals surface area contributed by atoms with Crippen LogP contribution in [0.3, 0.4) is 0 Å². The van der Waals surface area contributed by atoms with Gasteiger partial charge in [0, 0.05) is 71.3 Å². The summed E-state index contributed by atoms with van der Waals surface area (Å²) in [5.41, 5.74) is 2.22. The molecule has 0 unspecified atom stereocenters. The fraction of sp³-hybridized carbons (Fsp3) is 0.455. The molecule has 0 aromatic heterocycles. The Morgan fingerprint density at radius 1 is 1.22 bits per heavy atom. The van der Waals surface area contributed by atoms with Crippen LogP contribution in [0.4, 0.5) is 5.69 Å². The zero-order chi connectivity index (χ0) is 12.0. The maximum absolute atomic E-state index is 10.4. The van der Waals surface area contributed by atoms with Crippen molar-refractivity contribution in [3.63, 3.8) is 0 Å². The molecular weight excluding hydrogens is 272 g/mol. The Balaban J connectivity index is 0. The van der Waals surface area contributed by atoms with Crippen molar-refractivity contribution in [1.82, 2.24) is 0 Å². The Morgan fingerprint density at radius 2 is 1.89 bits per heavy atom. The molecule has 92 valence electrons. The summed E-state index contributed by atoms with van der Waals surface area (Å²) in [4.78, 5) is 0. The molecule has 2 radical (unpaired) electrons. The van der Waals surface area contributed by atoms with E-state index in [0.29, 0.717) is 19.4 Å². The number of anilines is 1. The van der Waals surface area contributed by atoms with Gasteiger partial charge in [0.1, 0.15) is 0 Å². The summed E-state index contributed by atoms with van der Waals surface area (Å²) in [7, 11) is -3.80. The topological polar surface area (TPSA) is 66.4 Å². The van der Waals surface area contributed by atoms with E-state index in [1.54, 1.807) is 0 Å². The molecule has 0 atom stereocenters. The van der Waals surface area contributed by atoms with Gasteiger partial charge in [0.2, 0.25) is 0 Å². The summed E-state index contributed by atoms with van der Waals surface area (Å²) in [6.07, 6.45) is 1.19. The minimum Gasteiger partial charge on any atom is -0.385 e. The summed E-state index contributed by atoms with van der Waals surface area (Å²) in [6.45, 7) is 2.72. The van der Waals surface area contributed by atoms with E-state index in [1.165, 1.54) is 5.56 Å². The van der Waals surface area contributed by atoms with Gasteiger partial charge in [-0.1, -0.05) is 12.1 Å². The van der Waals surface area contributed by atoms with Gasteiger partial charge in [0.15, 0.2) is 0 Å². The van der Waals surface area contributed by atoms with Gasteiger partial charge in [-0.25, -0.2) is 0 Å². The van der Waals surface area contributed by atoms with Crippen LogP contribution in [0.5, 0.6) is 0 Å². The number of rotatable bonds is 6. The van der Waals surface area contributed by atoms with E-state index in [9.17, 15) is 8.42 Å². The predicted molar refractivity (Wildman–Crippen MR) is 76.8 cm³/mol. The Bertz CT molecular complexity index is 438. The molecule has 0 heterocycles. The first-order valence-corrected chi connectivity index (χ1v) is 6.84. The van der Waals surface area contributed by atoms with Crippen LogP contribution in [-0.2, 0) is 10.1 Å². The molecule has 18 heavy (non-hydrogen) atoms. The van der Waals surface area contributed by atoms with Crippen LogP contribution in [0.1, 0.15) is 18.4 Å². The van der Waals surface area contributed by atoms with Gasteiger partial charge < -0.3 is 5.32 Å². The van der Waals surface area contributed by atoms with Crippen molar-refractivity contribution in [2.75, 3.05) is 17.6 Å². The molecule has 0 aliphatic carbocycles. The summed E-state index contributed by atoms with van der Waals surface area (Å²) < 4.78 is 29.4. The Kier molecular flexibility index (Phi) is 12.6. The first kappa shape index (κ1) is 21.2. The first-order chi connectivity index (χ1) is 7.47. The van der Waals surface area contributed by atoms with Crippen molar-refractivity contribution in [1.29, 1.82) is 0 Å². The molecule has 7 heteroatoms. The van der Waals surface area contributed by atoms with E-state index in [2.05, 4.69) is 5.32 Å². The molecule has 0 saturated carbocycles.